The molecule has 0 aromatic rings. The molecule has 2 fully saturated rings. The van der Waals surface area contributed by atoms with E-state index in [1.165, 1.54) is 5.57 Å². The van der Waals surface area contributed by atoms with Gasteiger partial charge >= 0.3 is 0 Å². The molecule has 2 saturated heterocycles. The maximum absolute atomic E-state index is 10.2. The first-order valence-corrected chi connectivity index (χ1v) is 10.5. The third-order valence-electron chi connectivity index (χ3n) is 5.33. The van der Waals surface area contributed by atoms with Crippen molar-refractivity contribution in [1.82, 2.24) is 0 Å². The standard InChI is InChI=1S/C21H36O10/c1-11(2)5-4-6-12(3)7-8-28-21-19(27)17(25)16(24)14(31-21)10-30-20-18(26)15(23)13(22)9-29-20/h5,7,13-27H,4,6,8-10H2,1-3H3/b12-7+/t13-,14-,15-,16+,17+,18-,19-,20-,21-/m1/s1. The molecule has 2 heterocycles. The van der Waals surface area contributed by atoms with Crippen LogP contribution in [0, 0.1) is 0 Å². The van der Waals surface area contributed by atoms with Crippen LogP contribution in [0.1, 0.15) is 33.6 Å². The van der Waals surface area contributed by atoms with Crippen molar-refractivity contribution in [3.63, 3.8) is 0 Å². The first kappa shape index (κ1) is 26.3. The van der Waals surface area contributed by atoms with Crippen molar-refractivity contribution in [2.24, 2.45) is 0 Å². The second-order valence-corrected chi connectivity index (χ2v) is 8.30. The zero-order chi connectivity index (χ0) is 23.1. The molecule has 10 nitrogen and oxygen atoms in total. The van der Waals surface area contributed by atoms with Gasteiger partial charge in [-0.15, -0.1) is 0 Å². The van der Waals surface area contributed by atoms with Crippen molar-refractivity contribution < 1.29 is 49.6 Å². The molecule has 0 radical (unpaired) electrons. The van der Waals surface area contributed by atoms with Gasteiger partial charge in [0.25, 0.3) is 0 Å². The Labute approximate surface area is 182 Å². The number of rotatable bonds is 9. The molecule has 0 saturated carbocycles. The van der Waals surface area contributed by atoms with Gasteiger partial charge in [-0.25, -0.2) is 0 Å². The predicted molar refractivity (Wildman–Crippen MR) is 109 cm³/mol. The Morgan fingerprint density at radius 2 is 1.52 bits per heavy atom. The minimum Gasteiger partial charge on any atom is -0.388 e. The molecule has 10 heteroatoms. The molecular weight excluding hydrogens is 412 g/mol. The maximum atomic E-state index is 10.2. The van der Waals surface area contributed by atoms with E-state index in [0.717, 1.165) is 18.4 Å². The Hall–Kier alpha value is -0.920. The Kier molecular flexibility index (Phi) is 10.5. The Balaban J connectivity index is 1.86. The van der Waals surface area contributed by atoms with Crippen LogP contribution >= 0.6 is 0 Å². The van der Waals surface area contributed by atoms with E-state index < -0.39 is 55.3 Å². The van der Waals surface area contributed by atoms with Gasteiger partial charge in [-0.3, -0.25) is 0 Å². The highest BCUT2D eigenvalue weighted by Gasteiger charge is 2.45. The van der Waals surface area contributed by atoms with E-state index in [1.807, 2.05) is 26.8 Å². The fourth-order valence-electron chi connectivity index (χ4n) is 3.28. The van der Waals surface area contributed by atoms with Crippen LogP contribution in [0.3, 0.4) is 0 Å². The first-order valence-electron chi connectivity index (χ1n) is 10.5. The smallest absolute Gasteiger partial charge is 0.187 e. The molecule has 0 bridgehead atoms. The summed E-state index contributed by atoms with van der Waals surface area (Å²) >= 11 is 0. The number of aliphatic hydroxyl groups is 6. The Bertz CT molecular complexity index is 605. The molecule has 0 amide bonds. The molecule has 2 aliphatic heterocycles. The van der Waals surface area contributed by atoms with Crippen molar-refractivity contribution in [3.05, 3.63) is 23.3 Å². The van der Waals surface area contributed by atoms with Crippen LogP contribution in [0.2, 0.25) is 0 Å². The van der Waals surface area contributed by atoms with Crippen LogP contribution < -0.4 is 0 Å². The third kappa shape index (κ3) is 7.57. The first-order chi connectivity index (χ1) is 14.6. The van der Waals surface area contributed by atoms with E-state index >= 15 is 0 Å². The molecule has 0 aliphatic carbocycles. The lowest BCUT2D eigenvalue weighted by Gasteiger charge is -2.41. The van der Waals surface area contributed by atoms with Gasteiger partial charge in [0.2, 0.25) is 0 Å². The van der Waals surface area contributed by atoms with Gasteiger partial charge in [0.15, 0.2) is 12.6 Å². The molecule has 0 aromatic heterocycles. The van der Waals surface area contributed by atoms with E-state index in [0.29, 0.717) is 0 Å². The van der Waals surface area contributed by atoms with Gasteiger partial charge < -0.3 is 49.6 Å². The zero-order valence-electron chi connectivity index (χ0n) is 18.2. The van der Waals surface area contributed by atoms with E-state index in [-0.39, 0.29) is 19.8 Å². The summed E-state index contributed by atoms with van der Waals surface area (Å²) in [7, 11) is 0. The number of ether oxygens (including phenoxy) is 4. The molecule has 2 aliphatic rings. The van der Waals surface area contributed by atoms with Crippen LogP contribution in [0.15, 0.2) is 23.3 Å². The molecule has 2 rings (SSSR count). The third-order valence-corrected chi connectivity index (χ3v) is 5.33. The van der Waals surface area contributed by atoms with Gasteiger partial charge in [-0.1, -0.05) is 23.3 Å². The Morgan fingerprint density at radius 3 is 2.19 bits per heavy atom. The number of hydrogen-bond acceptors (Lipinski definition) is 10. The summed E-state index contributed by atoms with van der Waals surface area (Å²) < 4.78 is 21.6. The van der Waals surface area contributed by atoms with E-state index in [1.54, 1.807) is 0 Å². The molecule has 0 spiro atoms. The average Bonchev–Trinajstić information content (AvgIpc) is 2.72. The van der Waals surface area contributed by atoms with Gasteiger partial charge in [-0.2, -0.15) is 0 Å². The number of aliphatic hydroxyl groups excluding tert-OH is 6. The van der Waals surface area contributed by atoms with Gasteiger partial charge in [0.1, 0.15) is 42.7 Å². The summed E-state index contributed by atoms with van der Waals surface area (Å²) in [6, 6.07) is 0. The summed E-state index contributed by atoms with van der Waals surface area (Å²) in [5.41, 5.74) is 2.35. The number of allylic oxidation sites excluding steroid dienone is 3. The molecule has 9 atom stereocenters. The van der Waals surface area contributed by atoms with E-state index in [9.17, 15) is 30.6 Å². The van der Waals surface area contributed by atoms with Crippen LogP contribution in [0.5, 0.6) is 0 Å². The summed E-state index contributed by atoms with van der Waals surface area (Å²) in [6.45, 7) is 5.65. The van der Waals surface area contributed by atoms with E-state index in [2.05, 4.69) is 6.08 Å². The molecule has 0 unspecified atom stereocenters. The quantitative estimate of drug-likeness (QED) is 0.241. The lowest BCUT2D eigenvalue weighted by Crippen LogP contribution is -2.60. The topological polar surface area (TPSA) is 158 Å². The molecule has 6 N–H and O–H groups in total. The largest absolute Gasteiger partial charge is 0.388 e. The lowest BCUT2D eigenvalue weighted by atomic mass is 9.99. The highest BCUT2D eigenvalue weighted by molar-refractivity contribution is 5.02. The lowest BCUT2D eigenvalue weighted by molar-refractivity contribution is -0.319. The second kappa shape index (κ2) is 12.4. The predicted octanol–water partition coefficient (Wildman–Crippen LogP) is -1.04. The van der Waals surface area contributed by atoms with Crippen LogP contribution in [0.25, 0.3) is 0 Å². The summed E-state index contributed by atoms with van der Waals surface area (Å²) in [5, 5.41) is 59.6. The van der Waals surface area contributed by atoms with Crippen LogP contribution in [-0.2, 0) is 18.9 Å². The van der Waals surface area contributed by atoms with Crippen molar-refractivity contribution in [2.45, 2.75) is 88.9 Å². The average molecular weight is 449 g/mol. The Morgan fingerprint density at radius 1 is 0.839 bits per heavy atom. The summed E-state index contributed by atoms with van der Waals surface area (Å²) in [6.07, 6.45) is -6.36. The fraction of sp³-hybridized carbons (Fsp3) is 0.810. The minimum atomic E-state index is -1.53. The molecule has 0 aromatic carbocycles. The van der Waals surface area contributed by atoms with Gasteiger partial charge in [-0.05, 0) is 33.6 Å². The van der Waals surface area contributed by atoms with Crippen molar-refractivity contribution in [3.8, 4) is 0 Å². The normalized spacial score (nSPS) is 39.4. The molecular formula is C21H36O10. The van der Waals surface area contributed by atoms with Crippen LogP contribution in [0.4, 0.5) is 0 Å². The van der Waals surface area contributed by atoms with Crippen molar-refractivity contribution >= 4 is 0 Å². The summed E-state index contributed by atoms with van der Waals surface area (Å²) in [5.74, 6) is 0. The zero-order valence-corrected chi connectivity index (χ0v) is 18.2. The highest BCUT2D eigenvalue weighted by Crippen LogP contribution is 2.24. The van der Waals surface area contributed by atoms with Gasteiger partial charge in [0, 0.05) is 0 Å². The highest BCUT2D eigenvalue weighted by atomic mass is 16.7. The fourth-order valence-corrected chi connectivity index (χ4v) is 3.28. The molecule has 31 heavy (non-hydrogen) atoms. The second-order valence-electron chi connectivity index (χ2n) is 8.30. The van der Waals surface area contributed by atoms with Crippen molar-refractivity contribution in [1.29, 1.82) is 0 Å². The number of hydrogen-bond donors (Lipinski definition) is 6. The molecule has 180 valence electrons. The summed E-state index contributed by atoms with van der Waals surface area (Å²) in [4.78, 5) is 0. The minimum absolute atomic E-state index is 0.146. The maximum Gasteiger partial charge on any atom is 0.187 e. The SMILES string of the molecule is CC(C)=CCC/C(C)=C/CO[C@@H]1O[C@H](CO[C@H]2OC[C@@H](O)[C@@H](O)[C@H]2O)[C@H](O)[C@H](O)[C@H]1O. The van der Waals surface area contributed by atoms with E-state index in [4.69, 9.17) is 18.9 Å². The van der Waals surface area contributed by atoms with Crippen LogP contribution in [-0.4, -0.2) is 106 Å². The van der Waals surface area contributed by atoms with Gasteiger partial charge in [0.05, 0.1) is 19.8 Å². The monoisotopic (exact) mass is 448 g/mol. The van der Waals surface area contributed by atoms with Crippen molar-refractivity contribution in [2.75, 3.05) is 19.8 Å².